The third-order valence-electron chi connectivity index (χ3n) is 7.68. The molecule has 0 spiro atoms. The van der Waals surface area contributed by atoms with Crippen molar-refractivity contribution in [1.29, 1.82) is 0 Å². The Balaban J connectivity index is 1.43. The molecule has 1 aliphatic heterocycles. The first kappa shape index (κ1) is 32.5. The van der Waals surface area contributed by atoms with Gasteiger partial charge in [-0.3, -0.25) is 19.3 Å². The van der Waals surface area contributed by atoms with Gasteiger partial charge in [0.05, 0.1) is 16.8 Å². The van der Waals surface area contributed by atoms with Gasteiger partial charge in [-0.2, -0.15) is 5.48 Å². The summed E-state index contributed by atoms with van der Waals surface area (Å²) in [4.78, 5) is 51.9. The second-order valence-electron chi connectivity index (χ2n) is 11.4. The molecule has 10 nitrogen and oxygen atoms in total. The van der Waals surface area contributed by atoms with E-state index in [0.717, 1.165) is 55.8 Å². The second kappa shape index (κ2) is 14.9. The number of rotatable bonds is 14. The zero-order valence-electron chi connectivity index (χ0n) is 26.6. The van der Waals surface area contributed by atoms with Gasteiger partial charge in [0.2, 0.25) is 0 Å². The molecule has 4 N–H and O–H groups in total. The average molecular weight is 601 g/mol. The summed E-state index contributed by atoms with van der Waals surface area (Å²) in [6.07, 6.45) is 3.69. The summed E-state index contributed by atoms with van der Waals surface area (Å²) in [5, 5.41) is 5.86. The van der Waals surface area contributed by atoms with Crippen LogP contribution in [0.2, 0.25) is 0 Å². The highest BCUT2D eigenvalue weighted by molar-refractivity contribution is 6.35. The standard InChI is InChI=1S/C34H44N6O4/c1-7-16-40(8-2)21-24-11-9-12-25(18-24)32(41)38-44-26-13-14-27-28(33(42)37-30(27)19-26)20-29-22(3)31(23(4)36-29)34(43)35-15-10-17-39(5)6/h9,11-14,18-20,36H,7-8,10,15-17,21H2,1-6H3,(H,35,43)(H,37,42)(H,38,41)/b28-20-. The normalized spacial score (nSPS) is 13.4. The number of hydroxylamine groups is 1. The number of aryl methyl sites for hydroxylation is 1. The Morgan fingerprint density at radius 3 is 2.55 bits per heavy atom. The predicted molar refractivity (Wildman–Crippen MR) is 174 cm³/mol. The first-order chi connectivity index (χ1) is 21.1. The first-order valence-electron chi connectivity index (χ1n) is 15.2. The number of amides is 3. The monoisotopic (exact) mass is 600 g/mol. The third kappa shape index (κ3) is 7.94. The van der Waals surface area contributed by atoms with Crippen LogP contribution in [-0.4, -0.2) is 72.8 Å². The van der Waals surface area contributed by atoms with Crippen LogP contribution in [0.5, 0.6) is 5.75 Å². The SMILES string of the molecule is CCCN(CC)Cc1cccc(C(=O)NOc2ccc3c(c2)NC(=O)/C3=C\c2[nH]c(C)c(C(=O)NCCCN(C)C)c2C)c1. The van der Waals surface area contributed by atoms with Crippen LogP contribution in [-0.2, 0) is 11.3 Å². The van der Waals surface area contributed by atoms with Gasteiger partial charge in [0, 0.05) is 41.7 Å². The molecule has 0 bridgehead atoms. The molecule has 0 fully saturated rings. The summed E-state index contributed by atoms with van der Waals surface area (Å²) in [6, 6.07) is 12.7. The van der Waals surface area contributed by atoms with Crippen LogP contribution in [0, 0.1) is 13.8 Å². The minimum absolute atomic E-state index is 0.133. The summed E-state index contributed by atoms with van der Waals surface area (Å²) in [7, 11) is 4.00. The van der Waals surface area contributed by atoms with Crippen LogP contribution in [0.3, 0.4) is 0 Å². The summed E-state index contributed by atoms with van der Waals surface area (Å²) in [5.74, 6) is -0.366. The number of benzene rings is 2. The molecule has 3 amide bonds. The lowest BCUT2D eigenvalue weighted by molar-refractivity contribution is -0.110. The maximum Gasteiger partial charge on any atom is 0.283 e. The Kier molecular flexibility index (Phi) is 11.0. The molecule has 0 atom stereocenters. The van der Waals surface area contributed by atoms with Crippen molar-refractivity contribution in [3.8, 4) is 5.75 Å². The van der Waals surface area contributed by atoms with Crippen LogP contribution in [0.15, 0.2) is 42.5 Å². The van der Waals surface area contributed by atoms with Crippen molar-refractivity contribution in [2.75, 3.05) is 45.6 Å². The molecule has 0 unspecified atom stereocenters. The fourth-order valence-corrected chi connectivity index (χ4v) is 5.37. The Morgan fingerprint density at radius 2 is 1.82 bits per heavy atom. The van der Waals surface area contributed by atoms with E-state index in [0.29, 0.717) is 45.9 Å². The minimum atomic E-state index is -0.356. The molecule has 1 aliphatic rings. The molecule has 0 saturated carbocycles. The van der Waals surface area contributed by atoms with Gasteiger partial charge in [-0.1, -0.05) is 26.0 Å². The number of carbonyl (C=O) groups is 3. The molecule has 3 aromatic rings. The van der Waals surface area contributed by atoms with Gasteiger partial charge >= 0.3 is 0 Å². The van der Waals surface area contributed by atoms with Crippen LogP contribution in [0.1, 0.15) is 75.5 Å². The van der Waals surface area contributed by atoms with E-state index in [2.05, 4.69) is 44.7 Å². The fourth-order valence-electron chi connectivity index (χ4n) is 5.37. The number of aromatic amines is 1. The molecular weight excluding hydrogens is 556 g/mol. The fraction of sp³-hybridized carbons (Fsp3) is 0.382. The van der Waals surface area contributed by atoms with Gasteiger partial charge in [-0.15, -0.1) is 0 Å². The molecule has 4 rings (SSSR count). The Labute approximate surface area is 259 Å². The van der Waals surface area contributed by atoms with E-state index >= 15 is 0 Å². The number of anilines is 1. The summed E-state index contributed by atoms with van der Waals surface area (Å²) < 4.78 is 0. The van der Waals surface area contributed by atoms with Gasteiger partial charge < -0.3 is 25.4 Å². The lowest BCUT2D eigenvalue weighted by atomic mass is 10.0. The van der Waals surface area contributed by atoms with Gasteiger partial charge in [-0.25, -0.2) is 0 Å². The summed E-state index contributed by atoms with van der Waals surface area (Å²) >= 11 is 0. The molecule has 10 heteroatoms. The minimum Gasteiger partial charge on any atom is -0.379 e. The number of nitrogens with zero attached hydrogens (tertiary/aromatic N) is 2. The number of carbonyl (C=O) groups excluding carboxylic acids is 3. The van der Waals surface area contributed by atoms with Crippen molar-refractivity contribution in [3.05, 3.63) is 81.7 Å². The van der Waals surface area contributed by atoms with E-state index in [1.165, 1.54) is 0 Å². The number of aromatic nitrogens is 1. The second-order valence-corrected chi connectivity index (χ2v) is 11.4. The van der Waals surface area contributed by atoms with E-state index in [-0.39, 0.29) is 17.7 Å². The molecule has 2 aromatic carbocycles. The number of hydrogen-bond acceptors (Lipinski definition) is 6. The Bertz CT molecular complexity index is 1540. The third-order valence-corrected chi connectivity index (χ3v) is 7.68. The van der Waals surface area contributed by atoms with Crippen LogP contribution >= 0.6 is 0 Å². The number of nitrogens with one attached hydrogen (secondary N) is 4. The maximum absolute atomic E-state index is 12.9. The summed E-state index contributed by atoms with van der Waals surface area (Å²) in [5.41, 5.74) is 8.65. The largest absolute Gasteiger partial charge is 0.379 e. The van der Waals surface area contributed by atoms with E-state index in [4.69, 9.17) is 4.84 Å². The number of fused-ring (bicyclic) bond motifs is 1. The van der Waals surface area contributed by atoms with Crippen LogP contribution in [0.4, 0.5) is 5.69 Å². The zero-order valence-corrected chi connectivity index (χ0v) is 26.6. The van der Waals surface area contributed by atoms with Crippen molar-refractivity contribution >= 4 is 35.1 Å². The number of H-pyrrole nitrogens is 1. The Hall–Kier alpha value is -4.41. The Morgan fingerprint density at radius 1 is 1.02 bits per heavy atom. The topological polar surface area (TPSA) is 119 Å². The highest BCUT2D eigenvalue weighted by Crippen LogP contribution is 2.36. The van der Waals surface area contributed by atoms with Crippen molar-refractivity contribution < 1.29 is 19.2 Å². The van der Waals surface area contributed by atoms with E-state index < -0.39 is 0 Å². The zero-order chi connectivity index (χ0) is 31.8. The smallest absolute Gasteiger partial charge is 0.283 e. The molecule has 0 aliphatic carbocycles. The van der Waals surface area contributed by atoms with Gasteiger partial charge in [0.15, 0.2) is 5.75 Å². The first-order valence-corrected chi connectivity index (χ1v) is 15.2. The molecule has 44 heavy (non-hydrogen) atoms. The van der Waals surface area contributed by atoms with Gasteiger partial charge in [0.1, 0.15) is 0 Å². The number of hydrogen-bond donors (Lipinski definition) is 4. The van der Waals surface area contributed by atoms with Crippen molar-refractivity contribution in [2.24, 2.45) is 0 Å². The van der Waals surface area contributed by atoms with Gasteiger partial charge in [0.25, 0.3) is 17.7 Å². The highest BCUT2D eigenvalue weighted by Gasteiger charge is 2.26. The molecule has 2 heterocycles. The van der Waals surface area contributed by atoms with Crippen molar-refractivity contribution in [3.63, 3.8) is 0 Å². The molecule has 0 saturated heterocycles. The van der Waals surface area contributed by atoms with E-state index in [1.54, 1.807) is 30.3 Å². The quantitative estimate of drug-likeness (QED) is 0.120. The van der Waals surface area contributed by atoms with Crippen LogP contribution < -0.4 is 21.0 Å². The van der Waals surface area contributed by atoms with Crippen molar-refractivity contribution in [1.82, 2.24) is 25.6 Å². The van der Waals surface area contributed by atoms with Crippen LogP contribution in [0.25, 0.3) is 11.6 Å². The van der Waals surface area contributed by atoms with Gasteiger partial charge in [-0.05, 0) is 102 Å². The lowest BCUT2D eigenvalue weighted by Crippen LogP contribution is -2.27. The molecule has 1 aromatic heterocycles. The van der Waals surface area contributed by atoms with Crippen molar-refractivity contribution in [2.45, 2.75) is 47.1 Å². The average Bonchev–Trinajstić information content (AvgIpc) is 3.46. The van der Waals surface area contributed by atoms with E-state index in [1.807, 2.05) is 46.1 Å². The highest BCUT2D eigenvalue weighted by atomic mass is 16.7. The lowest BCUT2D eigenvalue weighted by Gasteiger charge is -2.19. The molecular formula is C34H44N6O4. The molecule has 0 radical (unpaired) electrons. The predicted octanol–water partition coefficient (Wildman–Crippen LogP) is 4.76. The van der Waals surface area contributed by atoms with E-state index in [9.17, 15) is 14.4 Å². The summed E-state index contributed by atoms with van der Waals surface area (Å²) in [6.45, 7) is 12.2. The molecule has 234 valence electrons. The maximum atomic E-state index is 12.9.